The van der Waals surface area contributed by atoms with E-state index in [1.54, 1.807) is 0 Å². The van der Waals surface area contributed by atoms with Crippen LogP contribution in [-0.4, -0.2) is 18.8 Å². The monoisotopic (exact) mass is 552 g/mol. The summed E-state index contributed by atoms with van der Waals surface area (Å²) < 4.78 is 91.4. The second-order valence-electron chi connectivity index (χ2n) is 11.4. The van der Waals surface area contributed by atoms with E-state index in [1.807, 2.05) is 6.92 Å². The van der Waals surface area contributed by atoms with Crippen molar-refractivity contribution in [3.05, 3.63) is 52.3 Å². The van der Waals surface area contributed by atoms with E-state index in [1.165, 1.54) is 18.2 Å². The predicted molar refractivity (Wildman–Crippen MR) is 138 cm³/mol. The third-order valence-corrected chi connectivity index (χ3v) is 8.74. The Hall–Kier alpha value is -2.35. The molecule has 5 rings (SSSR count). The summed E-state index contributed by atoms with van der Waals surface area (Å²) in [5.41, 5.74) is 0.983. The first-order valence-corrected chi connectivity index (χ1v) is 14.4. The molecule has 2 unspecified atom stereocenters. The Morgan fingerprint density at radius 2 is 1.56 bits per heavy atom. The number of halogens is 5. The Balaban J connectivity index is 1.24. The average Bonchev–Trinajstić information content (AvgIpc) is 2.93. The fourth-order valence-electron chi connectivity index (χ4n) is 6.53. The molecule has 0 bridgehead atoms. The van der Waals surface area contributed by atoms with Crippen LogP contribution in [0.4, 0.5) is 22.0 Å². The van der Waals surface area contributed by atoms with E-state index in [-0.39, 0.29) is 24.8 Å². The summed E-state index contributed by atoms with van der Waals surface area (Å²) in [6.07, 6.45) is 3.97. The number of hydrogen-bond donors (Lipinski definition) is 0. The van der Waals surface area contributed by atoms with Crippen molar-refractivity contribution in [3.63, 3.8) is 0 Å². The average molecular weight is 553 g/mol. The summed E-state index contributed by atoms with van der Waals surface area (Å²) >= 11 is 0. The van der Waals surface area contributed by atoms with E-state index in [4.69, 9.17) is 14.2 Å². The van der Waals surface area contributed by atoms with Crippen LogP contribution in [0.1, 0.15) is 88.3 Å². The number of hydrogen-bond acceptors (Lipinski definition) is 3. The summed E-state index contributed by atoms with van der Waals surface area (Å²) in [6.45, 7) is 4.69. The molecule has 2 aliphatic heterocycles. The minimum absolute atomic E-state index is 0.0975. The van der Waals surface area contributed by atoms with Crippen molar-refractivity contribution in [2.45, 2.75) is 96.7 Å². The molecule has 214 valence electrons. The zero-order valence-electron chi connectivity index (χ0n) is 22.6. The molecule has 2 aromatic carbocycles. The van der Waals surface area contributed by atoms with E-state index in [2.05, 4.69) is 6.92 Å². The van der Waals surface area contributed by atoms with E-state index in [9.17, 15) is 8.78 Å². The maximum Gasteiger partial charge on any atom is 0.400 e. The van der Waals surface area contributed by atoms with Gasteiger partial charge in [-0.3, -0.25) is 0 Å². The van der Waals surface area contributed by atoms with Crippen LogP contribution in [0, 0.1) is 35.2 Å². The van der Waals surface area contributed by atoms with Crippen molar-refractivity contribution >= 4 is 0 Å². The standard InChI is InChI=1S/C31H37F5O3/c1-3-5-19-15-22-16-20-10-14-25(27(33)29(20)38-30(22)28(34)26(19)32)39-31(35,36)23-11-7-18(8-12-23)21-9-13-24(6-4-2)37-17-21/h10,14-15,18,21,23-24H,3-9,11-13,16-17H2,1-2H3. The normalized spacial score (nSPS) is 25.0. The van der Waals surface area contributed by atoms with Crippen molar-refractivity contribution in [1.29, 1.82) is 0 Å². The Labute approximate surface area is 227 Å². The second-order valence-corrected chi connectivity index (χ2v) is 11.4. The molecule has 0 aromatic heterocycles. The lowest BCUT2D eigenvalue weighted by molar-refractivity contribution is -0.225. The van der Waals surface area contributed by atoms with Gasteiger partial charge < -0.3 is 14.2 Å². The number of benzene rings is 2. The molecule has 1 saturated carbocycles. The van der Waals surface area contributed by atoms with Crippen molar-refractivity contribution in [2.75, 3.05) is 6.61 Å². The minimum Gasteiger partial charge on any atom is -0.450 e. The maximum atomic E-state index is 15.4. The molecule has 3 aliphatic rings. The zero-order valence-corrected chi connectivity index (χ0v) is 22.6. The van der Waals surface area contributed by atoms with Crippen molar-refractivity contribution < 1.29 is 36.2 Å². The Kier molecular flexibility index (Phi) is 8.41. The summed E-state index contributed by atoms with van der Waals surface area (Å²) in [5, 5.41) is 0. The third kappa shape index (κ3) is 5.77. The number of aryl methyl sites for hydroxylation is 1. The van der Waals surface area contributed by atoms with Crippen LogP contribution in [-0.2, 0) is 17.6 Å². The zero-order chi connectivity index (χ0) is 27.7. The topological polar surface area (TPSA) is 27.7 Å². The van der Waals surface area contributed by atoms with Gasteiger partial charge in [-0.25, -0.2) is 4.39 Å². The Morgan fingerprint density at radius 3 is 2.23 bits per heavy atom. The molecule has 0 N–H and O–H groups in total. The fraction of sp³-hybridized carbons (Fsp3) is 0.613. The molecule has 2 heterocycles. The number of ether oxygens (including phenoxy) is 3. The van der Waals surface area contributed by atoms with Gasteiger partial charge >= 0.3 is 6.11 Å². The van der Waals surface area contributed by atoms with Crippen molar-refractivity contribution in [2.24, 2.45) is 17.8 Å². The first-order valence-electron chi connectivity index (χ1n) is 14.4. The quantitative estimate of drug-likeness (QED) is 0.261. The van der Waals surface area contributed by atoms with Crippen LogP contribution in [0.15, 0.2) is 18.2 Å². The van der Waals surface area contributed by atoms with E-state index in [0.717, 1.165) is 25.7 Å². The van der Waals surface area contributed by atoms with E-state index in [0.29, 0.717) is 61.4 Å². The van der Waals surface area contributed by atoms with Gasteiger partial charge in [0.1, 0.15) is 0 Å². The van der Waals surface area contributed by atoms with Crippen molar-refractivity contribution in [3.8, 4) is 17.2 Å². The fourth-order valence-corrected chi connectivity index (χ4v) is 6.53. The van der Waals surface area contributed by atoms with E-state index < -0.39 is 46.7 Å². The number of alkyl halides is 2. The number of rotatable bonds is 8. The van der Waals surface area contributed by atoms with Crippen molar-refractivity contribution in [1.82, 2.24) is 0 Å². The molecule has 2 aromatic rings. The summed E-state index contributed by atoms with van der Waals surface area (Å²) in [6, 6.07) is 4.14. The van der Waals surface area contributed by atoms with Crippen LogP contribution >= 0.6 is 0 Å². The Morgan fingerprint density at radius 1 is 0.846 bits per heavy atom. The van der Waals surface area contributed by atoms with Crippen LogP contribution in [0.2, 0.25) is 0 Å². The predicted octanol–water partition coefficient (Wildman–Crippen LogP) is 9.13. The molecule has 0 spiro atoms. The lowest BCUT2D eigenvalue weighted by Crippen LogP contribution is -2.39. The van der Waals surface area contributed by atoms with Gasteiger partial charge in [-0.2, -0.15) is 17.6 Å². The summed E-state index contributed by atoms with van der Waals surface area (Å²) in [7, 11) is 0. The van der Waals surface area contributed by atoms with Gasteiger partial charge in [0.15, 0.2) is 23.1 Å². The maximum absolute atomic E-state index is 15.4. The molecule has 1 aliphatic carbocycles. The second kappa shape index (κ2) is 11.6. The Bertz CT molecular complexity index is 1170. The SMILES string of the molecule is CCCc1cc2c(c(F)c1F)Oc1c(ccc(OC(F)(F)C3CCC(C4CCC(CCC)OC4)CC3)c1F)C2. The molecule has 3 nitrogen and oxygen atoms in total. The van der Waals surface area contributed by atoms with Crippen LogP contribution < -0.4 is 9.47 Å². The van der Waals surface area contributed by atoms with Gasteiger partial charge in [0.2, 0.25) is 11.6 Å². The minimum atomic E-state index is -3.58. The molecule has 0 amide bonds. The number of fused-ring (bicyclic) bond motifs is 2. The molecule has 2 fully saturated rings. The van der Waals surface area contributed by atoms with Gasteiger partial charge in [-0.15, -0.1) is 0 Å². The molecular weight excluding hydrogens is 515 g/mol. The molecule has 0 radical (unpaired) electrons. The molecule has 8 heteroatoms. The van der Waals surface area contributed by atoms with Crippen LogP contribution in [0.25, 0.3) is 0 Å². The van der Waals surface area contributed by atoms with Gasteiger partial charge in [-0.05, 0) is 80.9 Å². The molecule has 2 atom stereocenters. The van der Waals surface area contributed by atoms with Gasteiger partial charge in [0, 0.05) is 17.5 Å². The van der Waals surface area contributed by atoms with E-state index >= 15 is 13.2 Å². The summed E-state index contributed by atoms with van der Waals surface area (Å²) in [5.74, 6) is -5.12. The highest BCUT2D eigenvalue weighted by Gasteiger charge is 2.46. The van der Waals surface area contributed by atoms with Crippen LogP contribution in [0.5, 0.6) is 17.2 Å². The molecule has 1 saturated heterocycles. The van der Waals surface area contributed by atoms with Gasteiger partial charge in [0.25, 0.3) is 0 Å². The van der Waals surface area contributed by atoms with Gasteiger partial charge in [-0.1, -0.05) is 32.8 Å². The highest BCUT2D eigenvalue weighted by Crippen LogP contribution is 2.47. The lowest BCUT2D eigenvalue weighted by Gasteiger charge is -2.39. The summed E-state index contributed by atoms with van der Waals surface area (Å²) in [4.78, 5) is 0. The molecule has 39 heavy (non-hydrogen) atoms. The largest absolute Gasteiger partial charge is 0.450 e. The smallest absolute Gasteiger partial charge is 0.400 e. The molecular formula is C31H37F5O3. The lowest BCUT2D eigenvalue weighted by atomic mass is 9.73. The first kappa shape index (κ1) is 28.2. The van der Waals surface area contributed by atoms with Gasteiger partial charge in [0.05, 0.1) is 18.6 Å². The van der Waals surface area contributed by atoms with Crippen LogP contribution in [0.3, 0.4) is 0 Å². The highest BCUT2D eigenvalue weighted by molar-refractivity contribution is 5.54. The third-order valence-electron chi connectivity index (χ3n) is 8.74. The first-order chi connectivity index (χ1) is 18.7. The highest BCUT2D eigenvalue weighted by atomic mass is 19.3.